The first kappa shape index (κ1) is 27.8. The lowest BCUT2D eigenvalue weighted by molar-refractivity contribution is 0.195. The maximum Gasteiger partial charge on any atom is 0.279 e. The van der Waals surface area contributed by atoms with Crippen LogP contribution in [-0.4, -0.2) is 98.4 Å². The van der Waals surface area contributed by atoms with E-state index >= 15 is 0 Å². The van der Waals surface area contributed by atoms with Crippen LogP contribution < -0.4 is 10.3 Å². The molecular formula is C26H32N8O5S. The summed E-state index contributed by atoms with van der Waals surface area (Å²) in [5, 5.41) is 13.8. The van der Waals surface area contributed by atoms with Crippen molar-refractivity contribution in [3.63, 3.8) is 0 Å². The Labute approximate surface area is 231 Å². The molecule has 4 aromatic heterocycles. The number of piperazine rings is 1. The molecule has 1 saturated heterocycles. The normalized spacial score (nSPS) is 15.1. The quantitative estimate of drug-likeness (QED) is 0.281. The Hall–Kier alpha value is -3.72. The summed E-state index contributed by atoms with van der Waals surface area (Å²) in [5.74, 6) is 0.142. The average Bonchev–Trinajstić information content (AvgIpc) is 3.33. The highest BCUT2D eigenvalue weighted by atomic mass is 32.2. The van der Waals surface area contributed by atoms with E-state index in [1.54, 1.807) is 10.9 Å². The number of hydrogen-bond donors (Lipinski definition) is 2. The Morgan fingerprint density at radius 1 is 1.10 bits per heavy atom. The van der Waals surface area contributed by atoms with Gasteiger partial charge >= 0.3 is 0 Å². The summed E-state index contributed by atoms with van der Waals surface area (Å²) in [7, 11) is -3.86. The van der Waals surface area contributed by atoms with Crippen LogP contribution in [-0.2, 0) is 23.0 Å². The molecule has 0 atom stereocenters. The van der Waals surface area contributed by atoms with Crippen LogP contribution in [0.4, 0.5) is 0 Å². The van der Waals surface area contributed by atoms with Crippen LogP contribution in [0.1, 0.15) is 25.2 Å². The Morgan fingerprint density at radius 3 is 2.58 bits per heavy atom. The molecule has 1 aliphatic rings. The van der Waals surface area contributed by atoms with E-state index < -0.39 is 15.6 Å². The highest BCUT2D eigenvalue weighted by Crippen LogP contribution is 2.30. The van der Waals surface area contributed by atoms with E-state index in [4.69, 9.17) is 9.72 Å². The lowest BCUT2D eigenvalue weighted by Gasteiger charge is -2.33. The summed E-state index contributed by atoms with van der Waals surface area (Å²) >= 11 is 0. The third-order valence-electron chi connectivity index (χ3n) is 6.90. The van der Waals surface area contributed by atoms with Crippen molar-refractivity contribution in [2.75, 3.05) is 45.9 Å². The van der Waals surface area contributed by atoms with Gasteiger partial charge in [0.2, 0.25) is 15.9 Å². The number of pyridine rings is 2. The number of aromatic amines is 1. The number of likely N-dealkylation sites (N-methyl/N-ethyl adjacent to an activating group) is 1. The zero-order chi connectivity index (χ0) is 28.3. The molecule has 0 amide bonds. The summed E-state index contributed by atoms with van der Waals surface area (Å²) in [4.78, 5) is 31.4. The van der Waals surface area contributed by atoms with Gasteiger partial charge in [-0.15, -0.1) is 0 Å². The molecule has 212 valence electrons. The van der Waals surface area contributed by atoms with E-state index in [9.17, 15) is 18.3 Å². The number of fused-ring (bicyclic) bond motifs is 1. The predicted octanol–water partition coefficient (Wildman–Crippen LogP) is 0.885. The molecule has 1 fully saturated rings. The minimum absolute atomic E-state index is 0.0342. The molecule has 5 heterocycles. The van der Waals surface area contributed by atoms with E-state index in [0.717, 1.165) is 17.9 Å². The van der Waals surface area contributed by atoms with Gasteiger partial charge in [0.1, 0.15) is 22.8 Å². The van der Waals surface area contributed by atoms with Crippen LogP contribution in [0.5, 0.6) is 5.88 Å². The second kappa shape index (κ2) is 11.8. The number of aliphatic hydroxyl groups is 1. The third-order valence-corrected chi connectivity index (χ3v) is 8.76. The number of hydrogen-bond acceptors (Lipinski definition) is 10. The van der Waals surface area contributed by atoms with Crippen LogP contribution in [0.3, 0.4) is 0 Å². The Kier molecular flexibility index (Phi) is 8.21. The zero-order valence-corrected chi connectivity index (χ0v) is 23.3. The summed E-state index contributed by atoms with van der Waals surface area (Å²) in [6.07, 6.45) is 3.47. The number of nitrogens with one attached hydrogen (secondary N) is 1. The first-order chi connectivity index (χ1) is 19.3. The fraction of sp³-hybridized carbons (Fsp3) is 0.423. The molecule has 0 unspecified atom stereocenters. The second-order valence-corrected chi connectivity index (χ2v) is 11.3. The molecule has 0 saturated carbocycles. The molecule has 1 aliphatic heterocycles. The molecule has 5 rings (SSSR count). The van der Waals surface area contributed by atoms with Crippen molar-refractivity contribution < 1.29 is 18.3 Å². The van der Waals surface area contributed by atoms with Crippen molar-refractivity contribution in [3.8, 4) is 17.3 Å². The SMILES string of the molecule is CCc1c2nc(-c3cc(S(=O)(=O)N4CCN(CC)CC4)cnc3OCCO)[nH]c(=O)c2nn1Cc1ccccn1. The number of H-pyrrole nitrogens is 1. The maximum absolute atomic E-state index is 13.5. The molecule has 2 N–H and O–H groups in total. The van der Waals surface area contributed by atoms with Gasteiger partial charge in [-0.25, -0.2) is 18.4 Å². The summed E-state index contributed by atoms with van der Waals surface area (Å²) in [6, 6.07) is 6.99. The summed E-state index contributed by atoms with van der Waals surface area (Å²) in [6.45, 7) is 6.88. The van der Waals surface area contributed by atoms with Gasteiger partial charge in [-0.1, -0.05) is 19.9 Å². The van der Waals surface area contributed by atoms with Crippen LogP contribution in [0.2, 0.25) is 0 Å². The van der Waals surface area contributed by atoms with Crippen LogP contribution in [0.15, 0.2) is 46.3 Å². The number of aliphatic hydroxyl groups excluding tert-OH is 1. The van der Waals surface area contributed by atoms with Crippen molar-refractivity contribution in [2.24, 2.45) is 0 Å². The average molecular weight is 569 g/mol. The summed E-state index contributed by atoms with van der Waals surface area (Å²) in [5.41, 5.74) is 1.79. The number of ether oxygens (including phenoxy) is 1. The Balaban J connectivity index is 1.59. The minimum Gasteiger partial charge on any atom is -0.475 e. The van der Waals surface area contributed by atoms with Crippen molar-refractivity contribution in [2.45, 2.75) is 31.7 Å². The fourth-order valence-corrected chi connectivity index (χ4v) is 6.15. The molecule has 14 heteroatoms. The summed E-state index contributed by atoms with van der Waals surface area (Å²) < 4.78 is 35.8. The van der Waals surface area contributed by atoms with E-state index in [1.165, 1.54) is 16.6 Å². The third kappa shape index (κ3) is 5.47. The highest BCUT2D eigenvalue weighted by Gasteiger charge is 2.30. The molecule has 0 aromatic carbocycles. The molecule has 0 aliphatic carbocycles. The number of aromatic nitrogens is 6. The van der Waals surface area contributed by atoms with Crippen molar-refractivity contribution >= 4 is 21.1 Å². The Bertz CT molecular complexity index is 1650. The fourth-order valence-electron chi connectivity index (χ4n) is 4.75. The van der Waals surface area contributed by atoms with Gasteiger partial charge < -0.3 is 19.7 Å². The van der Waals surface area contributed by atoms with Gasteiger partial charge in [-0.3, -0.25) is 14.5 Å². The van der Waals surface area contributed by atoms with Gasteiger partial charge in [-0.2, -0.15) is 9.40 Å². The van der Waals surface area contributed by atoms with E-state index in [0.29, 0.717) is 44.7 Å². The van der Waals surface area contributed by atoms with Gasteiger partial charge in [0.15, 0.2) is 5.52 Å². The first-order valence-corrected chi connectivity index (χ1v) is 14.7. The second-order valence-electron chi connectivity index (χ2n) is 9.32. The molecule has 4 aromatic rings. The van der Waals surface area contributed by atoms with Crippen LogP contribution in [0.25, 0.3) is 22.4 Å². The monoisotopic (exact) mass is 568 g/mol. The van der Waals surface area contributed by atoms with E-state index in [1.807, 2.05) is 32.0 Å². The Morgan fingerprint density at radius 2 is 1.90 bits per heavy atom. The molecule has 0 radical (unpaired) electrons. The van der Waals surface area contributed by atoms with Crippen LogP contribution in [0, 0.1) is 0 Å². The lowest BCUT2D eigenvalue weighted by Crippen LogP contribution is -2.48. The van der Waals surface area contributed by atoms with Crippen LogP contribution >= 0.6 is 0 Å². The van der Waals surface area contributed by atoms with Gasteiger partial charge in [0.05, 0.1) is 36.3 Å². The molecular weight excluding hydrogens is 536 g/mol. The van der Waals surface area contributed by atoms with Crippen molar-refractivity contribution in [3.05, 3.63) is 58.4 Å². The largest absolute Gasteiger partial charge is 0.475 e. The number of sulfonamides is 1. The van der Waals surface area contributed by atoms with Gasteiger partial charge in [0.25, 0.3) is 5.56 Å². The van der Waals surface area contributed by atoms with Gasteiger partial charge in [0, 0.05) is 32.4 Å². The highest BCUT2D eigenvalue weighted by molar-refractivity contribution is 7.89. The van der Waals surface area contributed by atoms with E-state index in [-0.39, 0.29) is 40.9 Å². The number of aryl methyl sites for hydroxylation is 1. The first-order valence-electron chi connectivity index (χ1n) is 13.2. The van der Waals surface area contributed by atoms with Gasteiger partial charge in [-0.05, 0) is 31.2 Å². The van der Waals surface area contributed by atoms with Crippen molar-refractivity contribution in [1.29, 1.82) is 0 Å². The molecule has 40 heavy (non-hydrogen) atoms. The standard InChI is InChI=1S/C26H32N8O5S/c1-3-21-22-23(31-34(21)17-18-7-5-6-8-27-18)25(36)30-24(29-22)20-15-19(16-28-26(20)39-14-13-35)40(37,38)33-11-9-32(4-2)10-12-33/h5-8,15-16,35H,3-4,9-14,17H2,1-2H3,(H,29,30,36). The topological polar surface area (TPSA) is 159 Å². The number of nitrogens with zero attached hydrogens (tertiary/aromatic N) is 7. The smallest absolute Gasteiger partial charge is 0.279 e. The predicted molar refractivity (Wildman–Crippen MR) is 148 cm³/mol. The molecule has 0 bridgehead atoms. The lowest BCUT2D eigenvalue weighted by atomic mass is 10.2. The number of rotatable bonds is 10. The van der Waals surface area contributed by atoms with E-state index in [2.05, 4.69) is 25.0 Å². The molecule has 0 spiro atoms. The minimum atomic E-state index is -3.86. The zero-order valence-electron chi connectivity index (χ0n) is 22.4. The van der Waals surface area contributed by atoms with Crippen molar-refractivity contribution in [1.82, 2.24) is 38.9 Å². The molecule has 13 nitrogen and oxygen atoms in total. The maximum atomic E-state index is 13.5.